The molecule has 1 fully saturated rings. The van der Waals surface area contributed by atoms with Gasteiger partial charge in [-0.3, -0.25) is 0 Å². The Labute approximate surface area is 63.0 Å². The minimum atomic E-state index is -0.103. The van der Waals surface area contributed by atoms with Crippen molar-refractivity contribution in [3.8, 4) is 0 Å². The molecule has 1 aliphatic rings. The van der Waals surface area contributed by atoms with Gasteiger partial charge in [0.05, 0.1) is 20.1 Å². The van der Waals surface area contributed by atoms with Gasteiger partial charge >= 0.3 is 0 Å². The highest BCUT2D eigenvalue weighted by atomic mass is 16.5. The highest BCUT2D eigenvalue weighted by Gasteiger charge is 2.22. The van der Waals surface area contributed by atoms with E-state index in [0.717, 1.165) is 25.7 Å². The number of rotatable bonds is 1. The first-order valence-corrected chi connectivity index (χ1v) is 3.97. The van der Waals surface area contributed by atoms with Crippen LogP contribution in [0.4, 0.5) is 0 Å². The Bertz CT molecular complexity index is 100. The van der Waals surface area contributed by atoms with Gasteiger partial charge in [-0.05, 0) is 32.1 Å². The molecule has 0 aromatic rings. The number of hydrogen-bond donors (Lipinski definition) is 0. The topological polar surface area (TPSA) is 23.1 Å². The Morgan fingerprint density at radius 2 is 1.80 bits per heavy atom. The molecule has 2 heteroatoms. The van der Waals surface area contributed by atoms with Crippen LogP contribution in [0.25, 0.3) is 0 Å². The molecule has 0 unspecified atom stereocenters. The van der Waals surface area contributed by atoms with Crippen LogP contribution in [-0.4, -0.2) is 24.8 Å². The van der Waals surface area contributed by atoms with Crippen molar-refractivity contribution in [2.45, 2.75) is 31.7 Å². The summed E-state index contributed by atoms with van der Waals surface area (Å²) in [5.74, 6) is 0. The molecule has 0 aliphatic heterocycles. The van der Waals surface area contributed by atoms with E-state index in [-0.39, 0.29) is 4.65 Å². The molecule has 0 spiro atoms. The Hall–Kier alpha value is -0.0800. The summed E-state index contributed by atoms with van der Waals surface area (Å²) >= 11 is 0. The molecule has 2 nitrogen and oxygen atoms in total. The van der Waals surface area contributed by atoms with Crippen molar-refractivity contribution in [3.63, 3.8) is 0 Å². The molecule has 0 atom stereocenters. The lowest BCUT2D eigenvalue weighted by Crippen LogP contribution is -2.44. The normalized spacial score (nSPS) is 23.1. The van der Waals surface area contributed by atoms with Crippen molar-refractivity contribution in [1.82, 2.24) is 0 Å². The molecule has 1 aliphatic carbocycles. The number of nitrogens with zero attached hydrogens (tertiary/aromatic N) is 1. The van der Waals surface area contributed by atoms with E-state index in [1.54, 1.807) is 14.1 Å². The smallest absolute Gasteiger partial charge is 0.0883 e. The first-order chi connectivity index (χ1) is 4.61. The molecule has 0 aromatic heterocycles. The van der Waals surface area contributed by atoms with Crippen molar-refractivity contribution < 1.29 is 4.65 Å². The molecule has 0 saturated heterocycles. The zero-order chi connectivity index (χ0) is 7.61. The fourth-order valence-corrected chi connectivity index (χ4v) is 1.53. The second-order valence-corrected chi connectivity index (χ2v) is 3.53. The van der Waals surface area contributed by atoms with Gasteiger partial charge in [0.1, 0.15) is 0 Å². The van der Waals surface area contributed by atoms with E-state index in [2.05, 4.69) is 6.42 Å². The summed E-state index contributed by atoms with van der Waals surface area (Å²) in [4.78, 5) is 0. The van der Waals surface area contributed by atoms with Crippen LogP contribution in [0.3, 0.4) is 0 Å². The van der Waals surface area contributed by atoms with Gasteiger partial charge in [0.2, 0.25) is 0 Å². The third kappa shape index (κ3) is 1.96. The summed E-state index contributed by atoms with van der Waals surface area (Å²) in [5, 5.41) is 11.4. The molecule has 59 valence electrons. The molecule has 0 heterocycles. The maximum atomic E-state index is 11.4. The van der Waals surface area contributed by atoms with E-state index in [0.29, 0.717) is 6.04 Å². The summed E-state index contributed by atoms with van der Waals surface area (Å²) in [5.41, 5.74) is 0. The van der Waals surface area contributed by atoms with E-state index in [4.69, 9.17) is 0 Å². The molecule has 0 N–H and O–H groups in total. The standard InChI is InChI=1S/C8H16NO/c1-9(2,10)8-6-4-3-5-7-8/h3,8H,4-7H2,1-2H3. The summed E-state index contributed by atoms with van der Waals surface area (Å²) in [6.07, 6.45) is 6.71. The van der Waals surface area contributed by atoms with Crippen molar-refractivity contribution in [3.05, 3.63) is 11.6 Å². The van der Waals surface area contributed by atoms with Crippen LogP contribution in [0, 0.1) is 11.6 Å². The van der Waals surface area contributed by atoms with E-state index in [1.165, 1.54) is 0 Å². The number of hydroxylamine groups is 3. The highest BCUT2D eigenvalue weighted by molar-refractivity contribution is 4.77. The highest BCUT2D eigenvalue weighted by Crippen LogP contribution is 2.23. The first kappa shape index (κ1) is 8.02. The average Bonchev–Trinajstić information content (AvgIpc) is 1.88. The predicted molar refractivity (Wildman–Crippen MR) is 42.0 cm³/mol. The quantitative estimate of drug-likeness (QED) is 0.403. The lowest BCUT2D eigenvalue weighted by Gasteiger charge is -2.43. The molecule has 0 bridgehead atoms. The second kappa shape index (κ2) is 2.89. The van der Waals surface area contributed by atoms with Crippen molar-refractivity contribution in [2.24, 2.45) is 0 Å². The zero-order valence-corrected chi connectivity index (χ0v) is 6.84. The van der Waals surface area contributed by atoms with Crippen LogP contribution in [0.1, 0.15) is 25.7 Å². The summed E-state index contributed by atoms with van der Waals surface area (Å²) in [6, 6.07) is 0.352. The van der Waals surface area contributed by atoms with Gasteiger partial charge in [0.15, 0.2) is 0 Å². The fraction of sp³-hybridized carbons (Fsp3) is 0.875. The summed E-state index contributed by atoms with van der Waals surface area (Å²) in [6.45, 7) is 0. The van der Waals surface area contributed by atoms with Crippen LogP contribution in [0.15, 0.2) is 0 Å². The molecule has 1 radical (unpaired) electrons. The minimum Gasteiger partial charge on any atom is -0.633 e. The van der Waals surface area contributed by atoms with Gasteiger partial charge in [0, 0.05) is 0 Å². The lowest BCUT2D eigenvalue weighted by molar-refractivity contribution is -0.868. The van der Waals surface area contributed by atoms with Crippen LogP contribution in [-0.2, 0) is 0 Å². The Kier molecular flexibility index (Phi) is 2.32. The van der Waals surface area contributed by atoms with E-state index >= 15 is 0 Å². The Balaban J connectivity index is 2.39. The molecular weight excluding hydrogens is 126 g/mol. The second-order valence-electron chi connectivity index (χ2n) is 3.53. The molecular formula is C8H16NO. The maximum absolute atomic E-state index is 11.4. The lowest BCUT2D eigenvalue weighted by atomic mass is 9.94. The van der Waals surface area contributed by atoms with Crippen molar-refractivity contribution in [2.75, 3.05) is 14.1 Å². The van der Waals surface area contributed by atoms with Gasteiger partial charge in [-0.25, -0.2) is 0 Å². The molecule has 10 heavy (non-hydrogen) atoms. The molecule has 1 rings (SSSR count). The summed E-state index contributed by atoms with van der Waals surface area (Å²) < 4.78 is -0.103. The Morgan fingerprint density at radius 3 is 2.10 bits per heavy atom. The van der Waals surface area contributed by atoms with Gasteiger partial charge in [-0.15, -0.1) is 0 Å². The van der Waals surface area contributed by atoms with Gasteiger partial charge in [-0.2, -0.15) is 0 Å². The van der Waals surface area contributed by atoms with E-state index in [1.807, 2.05) is 0 Å². The van der Waals surface area contributed by atoms with Crippen molar-refractivity contribution in [1.29, 1.82) is 0 Å². The van der Waals surface area contributed by atoms with Crippen LogP contribution >= 0.6 is 0 Å². The van der Waals surface area contributed by atoms with Gasteiger partial charge < -0.3 is 9.85 Å². The first-order valence-electron chi connectivity index (χ1n) is 3.97. The predicted octanol–water partition coefficient (Wildman–Crippen LogP) is 1.71. The monoisotopic (exact) mass is 142 g/mol. The third-order valence-corrected chi connectivity index (χ3v) is 2.29. The van der Waals surface area contributed by atoms with E-state index < -0.39 is 0 Å². The van der Waals surface area contributed by atoms with Gasteiger partial charge in [0.25, 0.3) is 0 Å². The average molecular weight is 142 g/mol. The third-order valence-electron chi connectivity index (χ3n) is 2.29. The van der Waals surface area contributed by atoms with Crippen LogP contribution < -0.4 is 0 Å². The van der Waals surface area contributed by atoms with Crippen LogP contribution in [0.2, 0.25) is 0 Å². The molecule has 0 amide bonds. The maximum Gasteiger partial charge on any atom is 0.0883 e. The van der Waals surface area contributed by atoms with Gasteiger partial charge in [-0.1, -0.05) is 0 Å². The van der Waals surface area contributed by atoms with Crippen LogP contribution in [0.5, 0.6) is 0 Å². The number of quaternary nitrogens is 1. The minimum absolute atomic E-state index is 0.103. The zero-order valence-electron chi connectivity index (χ0n) is 6.84. The number of hydrogen-bond acceptors (Lipinski definition) is 1. The summed E-state index contributed by atoms with van der Waals surface area (Å²) in [7, 11) is 3.49. The fourth-order valence-electron chi connectivity index (χ4n) is 1.53. The molecule has 0 aromatic carbocycles. The van der Waals surface area contributed by atoms with Crippen molar-refractivity contribution >= 4 is 0 Å². The SMILES string of the molecule is C[N+](C)([O-])C1CC[CH]CC1. The molecule has 1 saturated carbocycles. The van der Waals surface area contributed by atoms with E-state index in [9.17, 15) is 5.21 Å². The Morgan fingerprint density at radius 1 is 1.30 bits per heavy atom. The largest absolute Gasteiger partial charge is 0.633 e.